The molecule has 0 aliphatic carbocycles. The summed E-state index contributed by atoms with van der Waals surface area (Å²) in [5, 5.41) is 5.35. The number of nitrogens with zero attached hydrogens (tertiary/aromatic N) is 4. The Labute approximate surface area is 169 Å². The Morgan fingerprint density at radius 1 is 1.33 bits per heavy atom. The maximum absolute atomic E-state index is 12.8. The van der Waals surface area contributed by atoms with E-state index in [2.05, 4.69) is 44.8 Å². The topological polar surface area (TPSA) is 69.5 Å². The predicted octanol–water partition coefficient (Wildman–Crippen LogP) is 2.72. The van der Waals surface area contributed by atoms with E-state index in [0.717, 1.165) is 23.1 Å². The monoisotopic (exact) mass is 458 g/mol. The van der Waals surface area contributed by atoms with Crippen LogP contribution in [0.4, 0.5) is 0 Å². The van der Waals surface area contributed by atoms with E-state index in [0.29, 0.717) is 49.9 Å². The Balaban J connectivity index is 1.76. The average molecular weight is 459 g/mol. The fraction of sp³-hybridized carbons (Fsp3) is 0.611. The number of amides is 1. The van der Waals surface area contributed by atoms with Crippen molar-refractivity contribution < 1.29 is 14.3 Å². The third-order valence-electron chi connectivity index (χ3n) is 4.37. The molecule has 1 aliphatic rings. The molecule has 0 saturated carbocycles. The van der Waals surface area contributed by atoms with Gasteiger partial charge in [0.25, 0.3) is 5.91 Å². The molecule has 0 unspecified atom stereocenters. The Bertz CT molecular complexity index is 798. The average Bonchev–Trinajstić information content (AvgIpc) is 2.80. The number of carbonyl (C=O) groups excluding carboxylic acids is 1. The zero-order chi connectivity index (χ0) is 19.4. The fourth-order valence-corrected chi connectivity index (χ4v) is 3.93. The second kappa shape index (κ2) is 8.89. The number of aromatic nitrogens is 3. The summed E-state index contributed by atoms with van der Waals surface area (Å²) in [5.74, 6) is 0.985. The van der Waals surface area contributed by atoms with Crippen LogP contribution in [0, 0.1) is 0 Å². The second-order valence-electron chi connectivity index (χ2n) is 7.47. The molecule has 0 atom stereocenters. The molecule has 7 nitrogen and oxygen atoms in total. The molecule has 2 aromatic rings. The molecule has 0 bridgehead atoms. The van der Waals surface area contributed by atoms with Crippen molar-refractivity contribution in [3.05, 3.63) is 22.6 Å². The molecule has 1 aliphatic heterocycles. The molecule has 1 fully saturated rings. The molecule has 1 amide bonds. The van der Waals surface area contributed by atoms with Gasteiger partial charge in [0.1, 0.15) is 17.0 Å². The van der Waals surface area contributed by atoms with E-state index in [4.69, 9.17) is 9.47 Å². The van der Waals surface area contributed by atoms with Crippen molar-refractivity contribution in [3.63, 3.8) is 0 Å². The summed E-state index contributed by atoms with van der Waals surface area (Å²) in [4.78, 5) is 19.0. The van der Waals surface area contributed by atoms with Gasteiger partial charge in [0.15, 0.2) is 0 Å². The number of carbonyl (C=O) groups is 1. The van der Waals surface area contributed by atoms with Gasteiger partial charge >= 0.3 is 0 Å². The van der Waals surface area contributed by atoms with Gasteiger partial charge < -0.3 is 14.4 Å². The highest BCUT2D eigenvalue weighted by molar-refractivity contribution is 9.10. The number of halogens is 1. The van der Waals surface area contributed by atoms with Gasteiger partial charge in [-0.25, -0.2) is 14.7 Å². The first-order valence-corrected chi connectivity index (χ1v) is 12.8. The lowest BCUT2D eigenvalue weighted by Crippen LogP contribution is -2.33. The maximum Gasteiger partial charge on any atom is 0.272 e. The molecule has 3 rings (SSSR count). The van der Waals surface area contributed by atoms with Crippen LogP contribution in [0.3, 0.4) is 0 Å². The standard InChI is InChI=1S/C18H27BrN4O3S/c1-27(2,3)10-9-26-13-23-16-11-15(20-12-14(16)17(19)21-23)18(24)22-5-4-7-25-8-6-22/h11-12H,4-10,13H2,1-3H3. The lowest BCUT2D eigenvalue weighted by Gasteiger charge is -2.24. The molecule has 0 N–H and O–H groups in total. The van der Waals surface area contributed by atoms with E-state index in [1.165, 1.54) is 0 Å². The van der Waals surface area contributed by atoms with Gasteiger partial charge in [0, 0.05) is 31.6 Å². The van der Waals surface area contributed by atoms with Crippen LogP contribution in [0.2, 0.25) is 0 Å². The van der Waals surface area contributed by atoms with Crippen molar-refractivity contribution >= 4 is 42.8 Å². The normalized spacial score (nSPS) is 16.5. The lowest BCUT2D eigenvalue weighted by molar-refractivity contribution is 0.0735. The predicted molar refractivity (Wildman–Crippen MR) is 113 cm³/mol. The van der Waals surface area contributed by atoms with Gasteiger partial charge in [-0.15, -0.1) is 0 Å². The SMILES string of the molecule is CS(C)(C)CCOCn1nc(Br)c2cnc(C(=O)N3CCCOCC3)cc21. The molecule has 150 valence electrons. The third-order valence-corrected chi connectivity index (χ3v) is 6.35. The number of fused-ring (bicyclic) bond motifs is 1. The van der Waals surface area contributed by atoms with E-state index in [9.17, 15) is 4.79 Å². The molecule has 0 spiro atoms. The van der Waals surface area contributed by atoms with E-state index in [1.807, 2.05) is 0 Å². The maximum atomic E-state index is 12.8. The van der Waals surface area contributed by atoms with Crippen molar-refractivity contribution in [1.82, 2.24) is 19.7 Å². The van der Waals surface area contributed by atoms with Gasteiger partial charge in [0.05, 0.1) is 24.1 Å². The van der Waals surface area contributed by atoms with Crippen molar-refractivity contribution in [2.75, 3.05) is 57.4 Å². The minimum atomic E-state index is -0.584. The van der Waals surface area contributed by atoms with Crippen molar-refractivity contribution in [2.45, 2.75) is 13.2 Å². The number of ether oxygens (including phenoxy) is 2. The molecule has 1 saturated heterocycles. The summed E-state index contributed by atoms with van der Waals surface area (Å²) in [7, 11) is -0.584. The van der Waals surface area contributed by atoms with Crippen molar-refractivity contribution in [2.24, 2.45) is 0 Å². The Kier molecular flexibility index (Phi) is 6.78. The summed E-state index contributed by atoms with van der Waals surface area (Å²) >= 11 is 3.47. The summed E-state index contributed by atoms with van der Waals surface area (Å²) in [6.07, 6.45) is 9.36. The highest BCUT2D eigenvalue weighted by atomic mass is 79.9. The first-order valence-electron chi connectivity index (χ1n) is 8.98. The first-order chi connectivity index (χ1) is 12.8. The van der Waals surface area contributed by atoms with E-state index >= 15 is 0 Å². The number of pyridine rings is 1. The van der Waals surface area contributed by atoms with Crippen LogP contribution in [0.1, 0.15) is 16.9 Å². The minimum Gasteiger partial charge on any atom is -0.380 e. The summed E-state index contributed by atoms with van der Waals surface area (Å²) in [5.41, 5.74) is 1.27. The third kappa shape index (κ3) is 5.43. The van der Waals surface area contributed by atoms with Crippen LogP contribution >= 0.6 is 26.0 Å². The summed E-state index contributed by atoms with van der Waals surface area (Å²) in [6.45, 7) is 3.61. The van der Waals surface area contributed by atoms with Gasteiger partial charge in [0.2, 0.25) is 0 Å². The molecule has 0 aromatic carbocycles. The first kappa shape index (κ1) is 20.6. The number of rotatable bonds is 6. The minimum absolute atomic E-state index is 0.0662. The molecule has 2 aromatic heterocycles. The van der Waals surface area contributed by atoms with Crippen molar-refractivity contribution in [1.29, 1.82) is 0 Å². The van der Waals surface area contributed by atoms with Crippen LogP contribution < -0.4 is 0 Å². The summed E-state index contributed by atoms with van der Waals surface area (Å²) < 4.78 is 13.7. The zero-order valence-electron chi connectivity index (χ0n) is 16.1. The van der Waals surface area contributed by atoms with Crippen LogP contribution in [0.25, 0.3) is 10.9 Å². The molecule has 27 heavy (non-hydrogen) atoms. The van der Waals surface area contributed by atoms with Crippen LogP contribution in [-0.4, -0.2) is 83.0 Å². The van der Waals surface area contributed by atoms with Gasteiger partial charge in [-0.1, -0.05) is 0 Å². The van der Waals surface area contributed by atoms with Gasteiger partial charge in [-0.2, -0.15) is 5.10 Å². The van der Waals surface area contributed by atoms with E-state index in [1.54, 1.807) is 21.8 Å². The molecular weight excluding hydrogens is 432 g/mol. The summed E-state index contributed by atoms with van der Waals surface area (Å²) in [6, 6.07) is 1.81. The quantitative estimate of drug-likeness (QED) is 0.622. The van der Waals surface area contributed by atoms with E-state index in [-0.39, 0.29) is 5.91 Å². The molecule has 3 heterocycles. The highest BCUT2D eigenvalue weighted by Gasteiger charge is 2.20. The van der Waals surface area contributed by atoms with Crippen LogP contribution in [0.15, 0.2) is 16.9 Å². The largest absolute Gasteiger partial charge is 0.380 e. The Morgan fingerprint density at radius 3 is 2.93 bits per heavy atom. The van der Waals surface area contributed by atoms with Gasteiger partial charge in [-0.05, 0) is 47.2 Å². The second-order valence-corrected chi connectivity index (χ2v) is 12.8. The fourth-order valence-electron chi connectivity index (χ4n) is 2.82. The Morgan fingerprint density at radius 2 is 2.15 bits per heavy atom. The number of hydrogen-bond acceptors (Lipinski definition) is 5. The molecular formula is C18H27BrN4O3S. The molecule has 9 heteroatoms. The van der Waals surface area contributed by atoms with Crippen molar-refractivity contribution in [3.8, 4) is 0 Å². The highest BCUT2D eigenvalue weighted by Crippen LogP contribution is 2.33. The Hall–Kier alpha value is -1.16. The smallest absolute Gasteiger partial charge is 0.272 e. The van der Waals surface area contributed by atoms with Crippen LogP contribution in [-0.2, 0) is 16.2 Å². The van der Waals surface area contributed by atoms with Gasteiger partial charge in [-0.3, -0.25) is 9.78 Å². The number of hydrogen-bond donors (Lipinski definition) is 0. The molecule has 0 radical (unpaired) electrons. The zero-order valence-corrected chi connectivity index (χ0v) is 18.5. The lowest BCUT2D eigenvalue weighted by atomic mass is 10.2. The van der Waals surface area contributed by atoms with E-state index < -0.39 is 10.0 Å². The van der Waals surface area contributed by atoms with Crippen LogP contribution in [0.5, 0.6) is 0 Å².